The number of quaternary nitrogens is 1. The van der Waals surface area contributed by atoms with Gasteiger partial charge in [0.1, 0.15) is 5.97 Å². The number of carboxylic acids is 2. The van der Waals surface area contributed by atoms with Gasteiger partial charge in [-0.15, -0.1) is 0 Å². The fourth-order valence-electron chi connectivity index (χ4n) is 1.88. The minimum atomic E-state index is -2.41. The van der Waals surface area contributed by atoms with Crippen molar-refractivity contribution >= 4 is 17.9 Å². The van der Waals surface area contributed by atoms with E-state index in [2.05, 4.69) is 6.58 Å². The second-order valence-corrected chi connectivity index (χ2v) is 5.20. The highest BCUT2D eigenvalue weighted by atomic mass is 16.5. The van der Waals surface area contributed by atoms with Gasteiger partial charge >= 0.3 is 11.9 Å². The van der Waals surface area contributed by atoms with Crippen LogP contribution in [-0.4, -0.2) is 60.3 Å². The lowest BCUT2D eigenvalue weighted by molar-refractivity contribution is -0.910. The molecule has 0 heterocycles. The van der Waals surface area contributed by atoms with E-state index in [1.54, 1.807) is 0 Å². The van der Waals surface area contributed by atoms with E-state index in [1.807, 2.05) is 0 Å². The largest absolute Gasteiger partial charge is 0.543 e. The zero-order valence-electron chi connectivity index (χ0n) is 11.7. The van der Waals surface area contributed by atoms with Gasteiger partial charge in [-0.05, 0) is 13.8 Å². The van der Waals surface area contributed by atoms with Crippen LogP contribution in [0, 0.1) is 0 Å². The maximum absolute atomic E-state index is 11.5. The SMILES string of the molecule is C=C(C)C(=O)OC(C)C(C(=O)[O-])(C(=O)O)[N+](C)(C)C. The molecule has 0 aliphatic heterocycles. The molecule has 1 N–H and O–H groups in total. The quantitative estimate of drug-likeness (QED) is 0.281. The maximum atomic E-state index is 11.5. The molecular formula is C12H19NO6. The molecule has 7 nitrogen and oxygen atoms in total. The molecule has 0 spiro atoms. The Bertz CT molecular complexity index is 406. The number of carboxylic acid groups (broad SMARTS) is 2. The molecule has 2 unspecified atom stereocenters. The molecule has 0 aliphatic rings. The highest BCUT2D eigenvalue weighted by Crippen LogP contribution is 2.26. The molecule has 0 fully saturated rings. The smallest absolute Gasteiger partial charge is 0.376 e. The number of nitrogens with zero attached hydrogens (tertiary/aromatic N) is 1. The van der Waals surface area contributed by atoms with Gasteiger partial charge in [-0.2, -0.15) is 0 Å². The molecule has 0 aromatic rings. The van der Waals surface area contributed by atoms with Gasteiger partial charge in [0, 0.05) is 5.57 Å². The number of hydrogen-bond donors (Lipinski definition) is 1. The van der Waals surface area contributed by atoms with Gasteiger partial charge in [-0.1, -0.05) is 6.58 Å². The monoisotopic (exact) mass is 273 g/mol. The standard InChI is InChI=1S/C12H19NO6/c1-7(2)9(14)19-8(3)12(10(15)16,11(17)18)13(4,5)6/h8H,1H2,2-6H3,(H-,15,16,17,18). The molecule has 0 radical (unpaired) electrons. The number of ether oxygens (including phenoxy) is 1. The lowest BCUT2D eigenvalue weighted by Crippen LogP contribution is -2.75. The summed E-state index contributed by atoms with van der Waals surface area (Å²) in [5.41, 5.74) is -2.36. The molecule has 0 aromatic heterocycles. The first-order chi connectivity index (χ1) is 8.38. The summed E-state index contributed by atoms with van der Waals surface area (Å²) >= 11 is 0. The Kier molecular flexibility index (Phi) is 4.86. The summed E-state index contributed by atoms with van der Waals surface area (Å²) in [5.74, 6) is -4.32. The van der Waals surface area contributed by atoms with E-state index < -0.39 is 34.0 Å². The minimum absolute atomic E-state index is 0.0471. The zero-order valence-corrected chi connectivity index (χ0v) is 11.7. The number of esters is 1. The Morgan fingerprint density at radius 2 is 1.74 bits per heavy atom. The summed E-state index contributed by atoms with van der Waals surface area (Å²) in [6.45, 7) is 5.93. The number of carbonyl (C=O) groups is 3. The Hall–Kier alpha value is -1.89. The van der Waals surface area contributed by atoms with Gasteiger partial charge in [0.05, 0.1) is 21.1 Å². The van der Waals surface area contributed by atoms with Crippen molar-refractivity contribution in [2.24, 2.45) is 0 Å². The van der Waals surface area contributed by atoms with Crippen LogP contribution in [0.5, 0.6) is 0 Å². The fourth-order valence-corrected chi connectivity index (χ4v) is 1.88. The molecule has 0 aromatic carbocycles. The van der Waals surface area contributed by atoms with Crippen molar-refractivity contribution in [3.63, 3.8) is 0 Å². The van der Waals surface area contributed by atoms with E-state index in [-0.39, 0.29) is 5.57 Å². The zero-order chi connectivity index (χ0) is 15.6. The van der Waals surface area contributed by atoms with Gasteiger partial charge in [0.15, 0.2) is 6.10 Å². The molecule has 7 heteroatoms. The van der Waals surface area contributed by atoms with Gasteiger partial charge in [0.2, 0.25) is 0 Å². The second-order valence-electron chi connectivity index (χ2n) is 5.20. The van der Waals surface area contributed by atoms with E-state index in [1.165, 1.54) is 35.0 Å². The number of aliphatic carboxylic acids is 2. The maximum Gasteiger partial charge on any atom is 0.376 e. The average Bonchev–Trinajstić information content (AvgIpc) is 2.13. The first kappa shape index (κ1) is 17.1. The third kappa shape index (κ3) is 2.93. The highest BCUT2D eigenvalue weighted by Gasteiger charge is 2.59. The van der Waals surface area contributed by atoms with Gasteiger partial charge in [0.25, 0.3) is 5.54 Å². The van der Waals surface area contributed by atoms with Gasteiger partial charge in [-0.25, -0.2) is 9.59 Å². The average molecular weight is 273 g/mol. The summed E-state index contributed by atoms with van der Waals surface area (Å²) in [5, 5.41) is 20.7. The number of likely N-dealkylation sites (N-methyl/N-ethyl adjacent to an activating group) is 1. The van der Waals surface area contributed by atoms with Gasteiger partial charge < -0.3 is 24.2 Å². The van der Waals surface area contributed by atoms with E-state index in [0.717, 1.165) is 0 Å². The first-order valence-corrected chi connectivity index (χ1v) is 5.51. The van der Waals surface area contributed by atoms with Crippen molar-refractivity contribution in [3.8, 4) is 0 Å². The van der Waals surface area contributed by atoms with Crippen LogP contribution in [0.25, 0.3) is 0 Å². The highest BCUT2D eigenvalue weighted by molar-refractivity contribution is 6.02. The summed E-state index contributed by atoms with van der Waals surface area (Å²) in [6.07, 6.45) is -1.43. The van der Waals surface area contributed by atoms with Crippen LogP contribution in [0.2, 0.25) is 0 Å². The first-order valence-electron chi connectivity index (χ1n) is 5.51. The molecule has 19 heavy (non-hydrogen) atoms. The number of rotatable bonds is 6. The summed E-state index contributed by atoms with van der Waals surface area (Å²) < 4.78 is 4.37. The Morgan fingerprint density at radius 1 is 1.32 bits per heavy atom. The Labute approximate surface area is 111 Å². The van der Waals surface area contributed by atoms with Crippen LogP contribution >= 0.6 is 0 Å². The van der Waals surface area contributed by atoms with Crippen molar-refractivity contribution in [2.75, 3.05) is 21.1 Å². The van der Waals surface area contributed by atoms with Gasteiger partial charge in [-0.3, -0.25) is 0 Å². The minimum Gasteiger partial charge on any atom is -0.543 e. The molecule has 0 saturated carbocycles. The fraction of sp³-hybridized carbons (Fsp3) is 0.583. The van der Waals surface area contributed by atoms with Crippen LogP contribution in [0.15, 0.2) is 12.2 Å². The predicted molar refractivity (Wildman–Crippen MR) is 63.8 cm³/mol. The van der Waals surface area contributed by atoms with Crippen molar-refractivity contribution in [1.82, 2.24) is 0 Å². The molecule has 0 rings (SSSR count). The molecule has 0 bridgehead atoms. The molecular weight excluding hydrogens is 254 g/mol. The molecule has 108 valence electrons. The van der Waals surface area contributed by atoms with Crippen LogP contribution in [0.1, 0.15) is 13.8 Å². The van der Waals surface area contributed by atoms with Crippen LogP contribution in [0.3, 0.4) is 0 Å². The van der Waals surface area contributed by atoms with E-state index in [0.29, 0.717) is 0 Å². The van der Waals surface area contributed by atoms with E-state index in [4.69, 9.17) is 4.74 Å². The molecule has 0 saturated heterocycles. The third-order valence-electron chi connectivity index (χ3n) is 2.92. The summed E-state index contributed by atoms with van der Waals surface area (Å²) in [7, 11) is 4.11. The summed E-state index contributed by atoms with van der Waals surface area (Å²) in [6, 6.07) is 0. The summed E-state index contributed by atoms with van der Waals surface area (Å²) in [4.78, 5) is 34.3. The number of hydrogen-bond acceptors (Lipinski definition) is 5. The Balaban J connectivity index is 5.74. The van der Waals surface area contributed by atoms with Crippen LogP contribution < -0.4 is 5.11 Å². The third-order valence-corrected chi connectivity index (χ3v) is 2.92. The lowest BCUT2D eigenvalue weighted by Gasteiger charge is -2.45. The molecule has 2 atom stereocenters. The lowest BCUT2D eigenvalue weighted by atomic mass is 9.89. The van der Waals surface area contributed by atoms with Crippen LogP contribution in [-0.2, 0) is 19.1 Å². The van der Waals surface area contributed by atoms with Crippen molar-refractivity contribution in [3.05, 3.63) is 12.2 Å². The predicted octanol–water partition coefficient (Wildman–Crippen LogP) is -1.23. The second kappa shape index (κ2) is 5.40. The molecule has 0 amide bonds. The molecule has 0 aliphatic carbocycles. The van der Waals surface area contributed by atoms with E-state index in [9.17, 15) is 24.6 Å². The number of carbonyl (C=O) groups excluding carboxylic acids is 2. The topological polar surface area (TPSA) is 104 Å². The normalized spacial score (nSPS) is 16.1. The Morgan fingerprint density at radius 3 is 1.95 bits per heavy atom. The van der Waals surface area contributed by atoms with Crippen LogP contribution in [0.4, 0.5) is 0 Å². The van der Waals surface area contributed by atoms with Crippen molar-refractivity contribution in [1.29, 1.82) is 0 Å². The van der Waals surface area contributed by atoms with Crippen molar-refractivity contribution < 1.29 is 33.8 Å². The van der Waals surface area contributed by atoms with E-state index >= 15 is 0 Å². The van der Waals surface area contributed by atoms with Crippen molar-refractivity contribution in [2.45, 2.75) is 25.5 Å².